The predicted molar refractivity (Wildman–Crippen MR) is 118 cm³/mol. The maximum absolute atomic E-state index is 13.0. The first-order valence-corrected chi connectivity index (χ1v) is 9.84. The van der Waals surface area contributed by atoms with Gasteiger partial charge in [-0.2, -0.15) is 0 Å². The van der Waals surface area contributed by atoms with Gasteiger partial charge in [0.1, 0.15) is 11.5 Å². The highest BCUT2D eigenvalue weighted by Gasteiger charge is 2.19. The molecule has 0 unspecified atom stereocenters. The number of carbonyl (C=O) groups is 2. The zero-order valence-electron chi connectivity index (χ0n) is 17.7. The van der Waals surface area contributed by atoms with Gasteiger partial charge in [-0.1, -0.05) is 41.5 Å². The van der Waals surface area contributed by atoms with Crippen LogP contribution in [0.5, 0.6) is 0 Å². The van der Waals surface area contributed by atoms with E-state index < -0.39 is 0 Å². The molecular formula is C25H26N2O3. The normalized spacial score (nSPS) is 12.3. The summed E-state index contributed by atoms with van der Waals surface area (Å²) < 4.78 is 5.33. The zero-order chi connectivity index (χ0) is 21.7. The van der Waals surface area contributed by atoms with E-state index in [0.29, 0.717) is 11.3 Å². The van der Waals surface area contributed by atoms with Crippen LogP contribution in [0.4, 0.5) is 0 Å². The van der Waals surface area contributed by atoms with Crippen LogP contribution in [0.15, 0.2) is 71.0 Å². The zero-order valence-corrected chi connectivity index (χ0v) is 17.7. The highest BCUT2D eigenvalue weighted by Crippen LogP contribution is 2.19. The summed E-state index contributed by atoms with van der Waals surface area (Å²) in [5.41, 5.74) is 4.86. The maximum atomic E-state index is 13.0. The number of rotatable bonds is 6. The third-order valence-electron chi connectivity index (χ3n) is 4.84. The van der Waals surface area contributed by atoms with Crippen LogP contribution in [-0.2, 0) is 4.79 Å². The van der Waals surface area contributed by atoms with Crippen LogP contribution >= 0.6 is 0 Å². The lowest BCUT2D eigenvalue weighted by Gasteiger charge is -2.18. The Morgan fingerprint density at radius 3 is 2.40 bits per heavy atom. The fourth-order valence-electron chi connectivity index (χ4n) is 3.32. The van der Waals surface area contributed by atoms with E-state index in [1.165, 1.54) is 17.9 Å². The van der Waals surface area contributed by atoms with Gasteiger partial charge in [-0.15, -0.1) is 0 Å². The first-order chi connectivity index (χ1) is 14.3. The summed E-state index contributed by atoms with van der Waals surface area (Å²) in [6, 6.07) is 16.5. The molecule has 0 spiro atoms. The van der Waals surface area contributed by atoms with Crippen LogP contribution in [0.2, 0.25) is 0 Å². The molecule has 0 bridgehead atoms. The van der Waals surface area contributed by atoms with E-state index in [1.807, 2.05) is 52.0 Å². The second-order valence-electron chi connectivity index (χ2n) is 7.45. The van der Waals surface area contributed by atoms with Gasteiger partial charge in [0.2, 0.25) is 0 Å². The van der Waals surface area contributed by atoms with Crippen molar-refractivity contribution in [2.75, 3.05) is 0 Å². The summed E-state index contributed by atoms with van der Waals surface area (Å²) in [6.07, 6.45) is 3.04. The first-order valence-electron chi connectivity index (χ1n) is 9.84. The standard InChI is InChI=1S/C25H26N2O3/c1-16-7-5-8-20(14-16)24(28)27-23(15-21-9-6-12-30-21)25(29)26-19(4)22-11-10-17(2)13-18(22)3/h5-15,19H,1-4H3,(H,26,29)(H,27,28)/b23-15-/t19-/m0/s1. The molecule has 3 rings (SSSR count). The maximum Gasteiger partial charge on any atom is 0.268 e. The van der Waals surface area contributed by atoms with E-state index >= 15 is 0 Å². The van der Waals surface area contributed by atoms with Crippen molar-refractivity contribution in [2.45, 2.75) is 33.7 Å². The fourth-order valence-corrected chi connectivity index (χ4v) is 3.32. The van der Waals surface area contributed by atoms with Crippen molar-refractivity contribution in [3.05, 3.63) is 100 Å². The van der Waals surface area contributed by atoms with Crippen LogP contribution in [0.1, 0.15) is 51.3 Å². The lowest BCUT2D eigenvalue weighted by molar-refractivity contribution is -0.118. The Labute approximate surface area is 176 Å². The second-order valence-corrected chi connectivity index (χ2v) is 7.45. The lowest BCUT2D eigenvalue weighted by atomic mass is 10.00. The molecule has 154 valence electrons. The van der Waals surface area contributed by atoms with Crippen LogP contribution in [-0.4, -0.2) is 11.8 Å². The van der Waals surface area contributed by atoms with Gasteiger partial charge in [0, 0.05) is 11.6 Å². The molecule has 0 saturated heterocycles. The Balaban J connectivity index is 1.83. The molecule has 2 N–H and O–H groups in total. The molecule has 5 heteroatoms. The van der Waals surface area contributed by atoms with Gasteiger partial charge in [0.05, 0.1) is 12.3 Å². The van der Waals surface area contributed by atoms with Crippen molar-refractivity contribution in [1.29, 1.82) is 0 Å². The molecule has 0 radical (unpaired) electrons. The van der Waals surface area contributed by atoms with E-state index in [1.54, 1.807) is 24.3 Å². The van der Waals surface area contributed by atoms with Gasteiger partial charge in [-0.25, -0.2) is 0 Å². The van der Waals surface area contributed by atoms with Crippen LogP contribution in [0, 0.1) is 20.8 Å². The van der Waals surface area contributed by atoms with Crippen molar-refractivity contribution in [3.63, 3.8) is 0 Å². The molecule has 1 heterocycles. The van der Waals surface area contributed by atoms with E-state index in [-0.39, 0.29) is 23.6 Å². The Hall–Kier alpha value is -3.60. The summed E-state index contributed by atoms with van der Waals surface area (Å²) in [5, 5.41) is 5.70. The smallest absolute Gasteiger partial charge is 0.268 e. The Morgan fingerprint density at radius 1 is 0.967 bits per heavy atom. The largest absolute Gasteiger partial charge is 0.465 e. The Morgan fingerprint density at radius 2 is 1.73 bits per heavy atom. The van der Waals surface area contributed by atoms with Crippen LogP contribution in [0.3, 0.4) is 0 Å². The third kappa shape index (κ3) is 5.26. The van der Waals surface area contributed by atoms with Gasteiger partial charge >= 0.3 is 0 Å². The summed E-state index contributed by atoms with van der Waals surface area (Å²) >= 11 is 0. The van der Waals surface area contributed by atoms with E-state index in [0.717, 1.165) is 16.7 Å². The van der Waals surface area contributed by atoms with Crippen molar-refractivity contribution in [1.82, 2.24) is 10.6 Å². The highest BCUT2D eigenvalue weighted by molar-refractivity contribution is 6.05. The lowest BCUT2D eigenvalue weighted by Crippen LogP contribution is -2.36. The molecule has 30 heavy (non-hydrogen) atoms. The number of carbonyl (C=O) groups excluding carboxylic acids is 2. The number of aryl methyl sites for hydroxylation is 3. The summed E-state index contributed by atoms with van der Waals surface area (Å²) in [7, 11) is 0. The minimum Gasteiger partial charge on any atom is -0.465 e. The molecule has 0 saturated carbocycles. The summed E-state index contributed by atoms with van der Waals surface area (Å²) in [5.74, 6) is -0.269. The van der Waals surface area contributed by atoms with Gasteiger partial charge < -0.3 is 15.1 Å². The van der Waals surface area contributed by atoms with Gasteiger partial charge in [-0.3, -0.25) is 9.59 Å². The second kappa shape index (κ2) is 9.27. The first kappa shape index (κ1) is 21.1. The van der Waals surface area contributed by atoms with Gasteiger partial charge in [0.15, 0.2) is 0 Å². The van der Waals surface area contributed by atoms with Crippen LogP contribution in [0.25, 0.3) is 6.08 Å². The quantitative estimate of drug-likeness (QED) is 0.579. The number of benzene rings is 2. The molecule has 0 aliphatic carbocycles. The molecular weight excluding hydrogens is 376 g/mol. The SMILES string of the molecule is Cc1cccc(C(=O)N/C(=C\c2ccco2)C(=O)N[C@@H](C)c2ccc(C)cc2C)c1. The van der Waals surface area contributed by atoms with Crippen molar-refractivity contribution < 1.29 is 14.0 Å². The van der Waals surface area contributed by atoms with Gasteiger partial charge in [0.25, 0.3) is 11.8 Å². The van der Waals surface area contributed by atoms with E-state index in [9.17, 15) is 9.59 Å². The molecule has 2 amide bonds. The summed E-state index contributed by atoms with van der Waals surface area (Å²) in [4.78, 5) is 25.8. The van der Waals surface area contributed by atoms with Crippen molar-refractivity contribution in [2.24, 2.45) is 0 Å². The molecule has 1 aromatic heterocycles. The minimum atomic E-state index is -0.389. The molecule has 0 aliphatic heterocycles. The van der Waals surface area contributed by atoms with Gasteiger partial charge in [-0.05, 0) is 63.1 Å². The summed E-state index contributed by atoms with van der Waals surface area (Å²) in [6.45, 7) is 7.88. The van der Waals surface area contributed by atoms with Crippen molar-refractivity contribution in [3.8, 4) is 0 Å². The third-order valence-corrected chi connectivity index (χ3v) is 4.84. The topological polar surface area (TPSA) is 71.3 Å². The molecule has 1 atom stereocenters. The monoisotopic (exact) mass is 402 g/mol. The number of hydrogen-bond acceptors (Lipinski definition) is 3. The molecule has 3 aromatic rings. The average molecular weight is 402 g/mol. The fraction of sp³-hybridized carbons (Fsp3) is 0.200. The molecule has 0 aliphatic rings. The molecule has 5 nitrogen and oxygen atoms in total. The molecule has 0 fully saturated rings. The Kier molecular flexibility index (Phi) is 6.52. The predicted octanol–water partition coefficient (Wildman–Crippen LogP) is 4.85. The highest BCUT2D eigenvalue weighted by atomic mass is 16.3. The Bertz CT molecular complexity index is 1080. The average Bonchev–Trinajstić information content (AvgIpc) is 3.20. The van der Waals surface area contributed by atoms with Crippen LogP contribution < -0.4 is 10.6 Å². The van der Waals surface area contributed by atoms with E-state index in [2.05, 4.69) is 16.7 Å². The van der Waals surface area contributed by atoms with E-state index in [4.69, 9.17) is 4.42 Å². The van der Waals surface area contributed by atoms with Crippen molar-refractivity contribution >= 4 is 17.9 Å². The number of nitrogens with one attached hydrogen (secondary N) is 2. The number of amides is 2. The minimum absolute atomic E-state index is 0.119. The number of hydrogen-bond donors (Lipinski definition) is 2. The molecule has 2 aromatic carbocycles. The number of furan rings is 1.